The van der Waals surface area contributed by atoms with Crippen molar-refractivity contribution in [3.63, 3.8) is 0 Å². The normalized spacial score (nSPS) is 10.9. The molecule has 1 amide bonds. The highest BCUT2D eigenvalue weighted by atomic mass is 32.2. The molecule has 0 aliphatic carbocycles. The lowest BCUT2D eigenvalue weighted by Gasteiger charge is -2.05. The van der Waals surface area contributed by atoms with E-state index >= 15 is 0 Å². The Hall–Kier alpha value is -2.54. The van der Waals surface area contributed by atoms with Crippen molar-refractivity contribution in [1.82, 2.24) is 9.56 Å². The fraction of sp³-hybridized carbons (Fsp3) is 0.235. The summed E-state index contributed by atoms with van der Waals surface area (Å²) in [5.74, 6) is 1.32. The van der Waals surface area contributed by atoms with Crippen molar-refractivity contribution in [3.8, 4) is 0 Å². The fourth-order valence-electron chi connectivity index (χ4n) is 2.23. The number of nitrogens with zero attached hydrogens (tertiary/aromatic N) is 2. The lowest BCUT2D eigenvalue weighted by Crippen LogP contribution is -2.15. The van der Waals surface area contributed by atoms with Gasteiger partial charge in [-0.15, -0.1) is 16.3 Å². The number of benzene rings is 1. The number of thioether (sulfide) groups is 1. The Labute approximate surface area is 142 Å². The Balaban J connectivity index is 1.57. The number of hydrogen-bond acceptors (Lipinski definition) is 5. The van der Waals surface area contributed by atoms with E-state index < -0.39 is 0 Å². The molecule has 0 aliphatic heterocycles. The molecule has 0 atom stereocenters. The van der Waals surface area contributed by atoms with Gasteiger partial charge in [-0.2, -0.15) is 0 Å². The molecule has 0 fully saturated rings. The Kier molecular flexibility index (Phi) is 4.71. The molecule has 124 valence electrons. The lowest BCUT2D eigenvalue weighted by molar-refractivity contribution is -0.113. The van der Waals surface area contributed by atoms with Gasteiger partial charge in [0.2, 0.25) is 5.91 Å². The highest BCUT2D eigenvalue weighted by Crippen LogP contribution is 2.13. The summed E-state index contributed by atoms with van der Waals surface area (Å²) < 4.78 is 6.40. The van der Waals surface area contributed by atoms with Crippen LogP contribution in [0.5, 0.6) is 0 Å². The third-order valence-electron chi connectivity index (χ3n) is 3.34. The minimum atomic E-state index is -0.257. The van der Waals surface area contributed by atoms with Crippen molar-refractivity contribution in [2.24, 2.45) is 0 Å². The minimum Gasteiger partial charge on any atom is -0.375 e. The standard InChI is InChI=1S/C17H17N3O3S/c1-11-3-5-13(6-4-11)19-16(21)10-24-9-14-8-17(22)20-15(18-14)7-12(2)23-20/h3-8H,9-10H2,1-2H3,(H,19,21). The van der Waals surface area contributed by atoms with E-state index in [1.165, 1.54) is 17.8 Å². The summed E-state index contributed by atoms with van der Waals surface area (Å²) in [6.45, 7) is 3.76. The molecule has 3 rings (SSSR count). The van der Waals surface area contributed by atoms with Crippen LogP contribution < -0.4 is 10.9 Å². The number of fused-ring (bicyclic) bond motifs is 1. The van der Waals surface area contributed by atoms with Crippen LogP contribution in [0.15, 0.2) is 45.7 Å². The fourth-order valence-corrected chi connectivity index (χ4v) is 2.95. The summed E-state index contributed by atoms with van der Waals surface area (Å²) in [5, 5.41) is 2.84. The average Bonchev–Trinajstić information content (AvgIpc) is 2.91. The molecular weight excluding hydrogens is 326 g/mol. The second kappa shape index (κ2) is 6.92. The quantitative estimate of drug-likeness (QED) is 0.771. The summed E-state index contributed by atoms with van der Waals surface area (Å²) in [4.78, 5) is 28.2. The molecule has 3 aromatic rings. The minimum absolute atomic E-state index is 0.0826. The van der Waals surface area contributed by atoms with Crippen molar-refractivity contribution in [2.75, 3.05) is 11.1 Å². The van der Waals surface area contributed by atoms with Crippen LogP contribution in [0.1, 0.15) is 17.0 Å². The van der Waals surface area contributed by atoms with Gasteiger partial charge in [0.15, 0.2) is 5.65 Å². The van der Waals surface area contributed by atoms with Gasteiger partial charge in [0.25, 0.3) is 5.56 Å². The van der Waals surface area contributed by atoms with E-state index in [1.54, 1.807) is 13.0 Å². The number of aromatic nitrogens is 2. The number of carbonyl (C=O) groups excluding carboxylic acids is 1. The van der Waals surface area contributed by atoms with Gasteiger partial charge in [0, 0.05) is 23.6 Å². The molecule has 0 bridgehead atoms. The first kappa shape index (κ1) is 16.3. The van der Waals surface area contributed by atoms with Crippen molar-refractivity contribution in [2.45, 2.75) is 19.6 Å². The molecule has 0 saturated carbocycles. The van der Waals surface area contributed by atoms with Crippen LogP contribution in [0.4, 0.5) is 5.69 Å². The van der Waals surface area contributed by atoms with Gasteiger partial charge in [0.1, 0.15) is 5.76 Å². The zero-order chi connectivity index (χ0) is 17.1. The zero-order valence-corrected chi connectivity index (χ0v) is 14.2. The van der Waals surface area contributed by atoms with Gasteiger partial charge in [-0.1, -0.05) is 17.7 Å². The largest absolute Gasteiger partial charge is 0.375 e. The SMILES string of the molecule is Cc1ccc(NC(=O)CSCc2cc(=O)n3oc(C)cc3n2)cc1. The van der Waals surface area contributed by atoms with Gasteiger partial charge in [0.05, 0.1) is 11.4 Å². The van der Waals surface area contributed by atoms with E-state index in [1.807, 2.05) is 31.2 Å². The summed E-state index contributed by atoms with van der Waals surface area (Å²) in [6, 6.07) is 10.8. The van der Waals surface area contributed by atoms with E-state index in [9.17, 15) is 9.59 Å². The van der Waals surface area contributed by atoms with E-state index in [0.717, 1.165) is 15.8 Å². The van der Waals surface area contributed by atoms with Gasteiger partial charge in [-0.3, -0.25) is 9.59 Å². The topological polar surface area (TPSA) is 76.6 Å². The molecule has 2 heterocycles. The van der Waals surface area contributed by atoms with Crippen LogP contribution in [0.3, 0.4) is 0 Å². The molecule has 6 nitrogen and oxygen atoms in total. The summed E-state index contributed by atoms with van der Waals surface area (Å²) >= 11 is 1.41. The van der Waals surface area contributed by atoms with Crippen molar-refractivity contribution < 1.29 is 9.32 Å². The highest BCUT2D eigenvalue weighted by Gasteiger charge is 2.08. The Morgan fingerprint density at radius 1 is 1.25 bits per heavy atom. The average molecular weight is 343 g/mol. The first-order valence-electron chi connectivity index (χ1n) is 7.45. The van der Waals surface area contributed by atoms with Crippen molar-refractivity contribution >= 4 is 29.0 Å². The molecular formula is C17H17N3O3S. The number of aryl methyl sites for hydroxylation is 2. The first-order chi connectivity index (χ1) is 11.5. The van der Waals surface area contributed by atoms with E-state index in [-0.39, 0.29) is 11.5 Å². The first-order valence-corrected chi connectivity index (χ1v) is 8.60. The van der Waals surface area contributed by atoms with Crippen LogP contribution in [-0.4, -0.2) is 21.2 Å². The second-order valence-corrected chi connectivity index (χ2v) is 6.48. The maximum absolute atomic E-state index is 11.9. The molecule has 24 heavy (non-hydrogen) atoms. The van der Waals surface area contributed by atoms with Crippen molar-refractivity contribution in [3.05, 3.63) is 63.8 Å². The highest BCUT2D eigenvalue weighted by molar-refractivity contribution is 7.99. The maximum Gasteiger partial charge on any atom is 0.287 e. The molecule has 0 unspecified atom stereocenters. The van der Waals surface area contributed by atoms with Gasteiger partial charge < -0.3 is 9.84 Å². The molecule has 7 heteroatoms. The number of rotatable bonds is 5. The third-order valence-corrected chi connectivity index (χ3v) is 4.31. The van der Waals surface area contributed by atoms with Crippen LogP contribution >= 0.6 is 11.8 Å². The smallest absolute Gasteiger partial charge is 0.287 e. The maximum atomic E-state index is 11.9. The number of hydrogen-bond donors (Lipinski definition) is 1. The van der Waals surface area contributed by atoms with Crippen LogP contribution in [0, 0.1) is 13.8 Å². The monoisotopic (exact) mass is 343 g/mol. The zero-order valence-electron chi connectivity index (χ0n) is 13.4. The van der Waals surface area contributed by atoms with Crippen LogP contribution in [0.2, 0.25) is 0 Å². The molecule has 0 saturated heterocycles. The van der Waals surface area contributed by atoms with Gasteiger partial charge >= 0.3 is 0 Å². The van der Waals surface area contributed by atoms with E-state index in [4.69, 9.17) is 4.52 Å². The Morgan fingerprint density at radius 3 is 2.75 bits per heavy atom. The molecule has 0 radical (unpaired) electrons. The van der Waals surface area contributed by atoms with Gasteiger partial charge in [-0.25, -0.2) is 4.98 Å². The summed E-state index contributed by atoms with van der Waals surface area (Å²) in [7, 11) is 0. The second-order valence-electron chi connectivity index (χ2n) is 5.49. The predicted molar refractivity (Wildman–Crippen MR) is 94.4 cm³/mol. The van der Waals surface area contributed by atoms with Gasteiger partial charge in [-0.05, 0) is 26.0 Å². The van der Waals surface area contributed by atoms with Crippen LogP contribution in [0.25, 0.3) is 5.65 Å². The van der Waals surface area contributed by atoms with E-state index in [2.05, 4.69) is 10.3 Å². The molecule has 2 aromatic heterocycles. The Morgan fingerprint density at radius 2 is 2.00 bits per heavy atom. The molecule has 0 spiro atoms. The van der Waals surface area contributed by atoms with E-state index in [0.29, 0.717) is 28.6 Å². The number of carbonyl (C=O) groups is 1. The number of nitrogens with one attached hydrogen (secondary N) is 1. The lowest BCUT2D eigenvalue weighted by atomic mass is 10.2. The molecule has 0 aliphatic rings. The van der Waals surface area contributed by atoms with Crippen LogP contribution in [-0.2, 0) is 10.5 Å². The Bertz CT molecular complexity index is 928. The molecule has 1 aromatic carbocycles. The predicted octanol–water partition coefficient (Wildman–Crippen LogP) is 2.78. The summed E-state index contributed by atoms with van der Waals surface area (Å²) in [5.41, 5.74) is 2.78. The number of amides is 1. The molecule has 1 N–H and O–H groups in total. The summed E-state index contributed by atoms with van der Waals surface area (Å²) in [6.07, 6.45) is 0. The number of anilines is 1. The third kappa shape index (κ3) is 3.86. The van der Waals surface area contributed by atoms with Crippen molar-refractivity contribution in [1.29, 1.82) is 0 Å².